The lowest BCUT2D eigenvalue weighted by molar-refractivity contribution is -0.137. The Morgan fingerprint density at radius 2 is 1.47 bits per heavy atom. The van der Waals surface area contributed by atoms with Crippen LogP contribution in [0.25, 0.3) is 33.2 Å². The Morgan fingerprint density at radius 3 is 2.13 bits per heavy atom. The van der Waals surface area contributed by atoms with Crippen LogP contribution >= 0.6 is 0 Å². The summed E-state index contributed by atoms with van der Waals surface area (Å²) in [7, 11) is 0. The Balaban J connectivity index is 1.28. The summed E-state index contributed by atoms with van der Waals surface area (Å²) in [4.78, 5) is 25.6. The van der Waals surface area contributed by atoms with Crippen LogP contribution in [-0.2, 0) is 18.3 Å². The quantitative estimate of drug-likeness (QED) is 0.176. The highest BCUT2D eigenvalue weighted by Gasteiger charge is 2.46. The molecule has 1 aromatic heterocycles. The van der Waals surface area contributed by atoms with Gasteiger partial charge >= 0.3 is 12.1 Å². The number of carboxylic acid groups (broad SMARTS) is 1. The van der Waals surface area contributed by atoms with E-state index in [1.165, 1.54) is 24.3 Å². The third kappa shape index (κ3) is 6.00. The van der Waals surface area contributed by atoms with Crippen molar-refractivity contribution in [1.82, 2.24) is 15.1 Å². The number of carbonyl (C=O) groups is 2. The molecule has 0 atom stereocenters. The molecule has 6 aromatic rings. The lowest BCUT2D eigenvalue weighted by Crippen LogP contribution is -2.35. The number of hydrogen-bond acceptors (Lipinski definition) is 3. The van der Waals surface area contributed by atoms with Crippen molar-refractivity contribution in [3.05, 3.63) is 149 Å². The molecule has 0 unspecified atom stereocenters. The number of aromatic carboxylic acids is 1. The van der Waals surface area contributed by atoms with Gasteiger partial charge < -0.3 is 10.4 Å². The molecule has 1 aliphatic rings. The van der Waals surface area contributed by atoms with Gasteiger partial charge in [0.05, 0.1) is 40.5 Å². The van der Waals surface area contributed by atoms with Crippen LogP contribution in [0.5, 0.6) is 0 Å². The summed E-state index contributed by atoms with van der Waals surface area (Å²) in [6.07, 6.45) is -1.44. The number of rotatable bonds is 8. The minimum atomic E-state index is -4.46. The van der Waals surface area contributed by atoms with Crippen molar-refractivity contribution in [3.8, 4) is 22.3 Å². The molecule has 234 valence electrons. The molecule has 47 heavy (non-hydrogen) atoms. The van der Waals surface area contributed by atoms with Gasteiger partial charge in [-0.15, -0.1) is 0 Å². The van der Waals surface area contributed by atoms with Gasteiger partial charge in [-0.1, -0.05) is 72.8 Å². The number of hydrogen-bond donors (Lipinski definition) is 2. The summed E-state index contributed by atoms with van der Waals surface area (Å²) in [5.41, 5.74) is 4.70. The van der Waals surface area contributed by atoms with Gasteiger partial charge in [-0.2, -0.15) is 18.3 Å². The second-order valence-electron chi connectivity index (χ2n) is 11.8. The zero-order valence-electron chi connectivity index (χ0n) is 25.0. The van der Waals surface area contributed by atoms with Crippen molar-refractivity contribution in [3.63, 3.8) is 0 Å². The summed E-state index contributed by atoms with van der Waals surface area (Å²) in [5, 5.41) is 17.8. The number of carboxylic acids is 1. The molecule has 0 aliphatic heterocycles. The number of nitrogens with one attached hydrogen (secondary N) is 1. The fourth-order valence-corrected chi connectivity index (χ4v) is 6.02. The van der Waals surface area contributed by atoms with E-state index in [0.29, 0.717) is 47.0 Å². The second-order valence-corrected chi connectivity index (χ2v) is 11.8. The number of aromatic nitrogens is 2. The first kappa shape index (κ1) is 30.0. The van der Waals surface area contributed by atoms with Crippen molar-refractivity contribution in [1.29, 1.82) is 0 Å². The standard InChI is InChI=1S/C38H28F3N3O3/c39-38(40,41)32-15-9-26(10-16-32)29-20-30-22-42-44(23-24-5-4-8-28(19-24)25-6-2-1-3-7-25)34(30)33(21-29)35(45)43-37(17-18-37)31-13-11-27(12-14-31)36(46)47/h1-16,19-22H,17-18,23H2,(H,43,45)(H,46,47). The molecule has 0 saturated heterocycles. The minimum Gasteiger partial charge on any atom is -0.478 e. The lowest BCUT2D eigenvalue weighted by Gasteiger charge is -2.20. The maximum absolute atomic E-state index is 14.2. The van der Waals surface area contributed by atoms with E-state index >= 15 is 0 Å². The summed E-state index contributed by atoms with van der Waals surface area (Å²) < 4.78 is 41.6. The number of alkyl halides is 3. The molecule has 2 N–H and O–H groups in total. The van der Waals surface area contributed by atoms with Gasteiger partial charge in [-0.25, -0.2) is 4.79 Å². The van der Waals surface area contributed by atoms with E-state index in [1.807, 2.05) is 54.6 Å². The predicted octanol–water partition coefficient (Wildman–Crippen LogP) is 8.55. The Kier molecular flexibility index (Phi) is 7.39. The van der Waals surface area contributed by atoms with Crippen LogP contribution < -0.4 is 5.32 Å². The smallest absolute Gasteiger partial charge is 0.416 e. The van der Waals surface area contributed by atoms with Gasteiger partial charge in [0, 0.05) is 5.39 Å². The van der Waals surface area contributed by atoms with Gasteiger partial charge in [0.1, 0.15) is 0 Å². The molecule has 1 fully saturated rings. The Labute approximate surface area is 268 Å². The highest BCUT2D eigenvalue weighted by molar-refractivity contribution is 6.08. The van der Waals surface area contributed by atoms with Crippen LogP contribution in [0, 0.1) is 0 Å². The topological polar surface area (TPSA) is 84.2 Å². The second kappa shape index (κ2) is 11.6. The summed E-state index contributed by atoms with van der Waals surface area (Å²) in [6.45, 7) is 0.381. The monoisotopic (exact) mass is 631 g/mol. The molecule has 1 aliphatic carbocycles. The largest absolute Gasteiger partial charge is 0.478 e. The Hall–Kier alpha value is -5.70. The molecule has 6 nitrogen and oxygen atoms in total. The first-order valence-corrected chi connectivity index (χ1v) is 15.1. The van der Waals surface area contributed by atoms with Crippen molar-refractivity contribution in [2.45, 2.75) is 31.1 Å². The average Bonchev–Trinajstić information content (AvgIpc) is 3.76. The Morgan fingerprint density at radius 1 is 0.787 bits per heavy atom. The van der Waals surface area contributed by atoms with E-state index in [4.69, 9.17) is 0 Å². The number of halogens is 3. The van der Waals surface area contributed by atoms with Gasteiger partial charge in [0.2, 0.25) is 0 Å². The Bertz CT molecular complexity index is 2120. The van der Waals surface area contributed by atoms with E-state index in [2.05, 4.69) is 16.5 Å². The molecular formula is C38H28F3N3O3. The normalized spacial score (nSPS) is 13.8. The van der Waals surface area contributed by atoms with Crippen molar-refractivity contribution >= 4 is 22.8 Å². The van der Waals surface area contributed by atoms with E-state index < -0.39 is 23.2 Å². The predicted molar refractivity (Wildman–Crippen MR) is 173 cm³/mol. The number of fused-ring (bicyclic) bond motifs is 1. The molecule has 1 amide bonds. The van der Waals surface area contributed by atoms with E-state index in [0.717, 1.165) is 34.4 Å². The van der Waals surface area contributed by atoms with Crippen LogP contribution in [0.3, 0.4) is 0 Å². The van der Waals surface area contributed by atoms with Crippen LogP contribution in [0.1, 0.15) is 50.2 Å². The number of benzene rings is 5. The van der Waals surface area contributed by atoms with Crippen LogP contribution in [0.2, 0.25) is 0 Å². The molecule has 0 spiro atoms. The first-order chi connectivity index (χ1) is 22.6. The lowest BCUT2D eigenvalue weighted by atomic mass is 9.97. The van der Waals surface area contributed by atoms with E-state index in [9.17, 15) is 27.9 Å². The van der Waals surface area contributed by atoms with Crippen molar-refractivity contribution in [2.75, 3.05) is 0 Å². The van der Waals surface area contributed by atoms with Gasteiger partial charge in [-0.3, -0.25) is 9.48 Å². The van der Waals surface area contributed by atoms with Crippen LogP contribution in [-0.4, -0.2) is 26.8 Å². The molecule has 1 heterocycles. The fraction of sp³-hybridized carbons (Fsp3) is 0.132. The van der Waals surface area contributed by atoms with Gasteiger partial charge in [-0.05, 0) is 88.7 Å². The molecule has 1 saturated carbocycles. The third-order valence-electron chi connectivity index (χ3n) is 8.68. The van der Waals surface area contributed by atoms with Crippen molar-refractivity contribution in [2.24, 2.45) is 0 Å². The summed E-state index contributed by atoms with van der Waals surface area (Å²) in [6, 6.07) is 33.0. The highest BCUT2D eigenvalue weighted by atomic mass is 19.4. The minimum absolute atomic E-state index is 0.155. The number of carbonyl (C=O) groups excluding carboxylic acids is 1. The van der Waals surface area contributed by atoms with Crippen molar-refractivity contribution < 1.29 is 27.9 Å². The van der Waals surface area contributed by atoms with Crippen LogP contribution in [0.4, 0.5) is 13.2 Å². The summed E-state index contributed by atoms with van der Waals surface area (Å²) in [5.74, 6) is -1.39. The molecule has 0 bridgehead atoms. The number of nitrogens with zero attached hydrogens (tertiary/aromatic N) is 2. The van der Waals surface area contributed by atoms with Gasteiger partial charge in [0.25, 0.3) is 5.91 Å². The maximum atomic E-state index is 14.2. The molecular weight excluding hydrogens is 603 g/mol. The fourth-order valence-electron chi connectivity index (χ4n) is 6.02. The van der Waals surface area contributed by atoms with E-state index in [1.54, 1.807) is 29.1 Å². The molecule has 0 radical (unpaired) electrons. The summed E-state index contributed by atoms with van der Waals surface area (Å²) >= 11 is 0. The molecule has 5 aromatic carbocycles. The highest BCUT2D eigenvalue weighted by Crippen LogP contribution is 2.46. The van der Waals surface area contributed by atoms with Gasteiger partial charge in [0.15, 0.2) is 0 Å². The molecule has 7 rings (SSSR count). The molecule has 9 heteroatoms. The first-order valence-electron chi connectivity index (χ1n) is 15.1. The zero-order chi connectivity index (χ0) is 32.8. The van der Waals surface area contributed by atoms with Crippen LogP contribution in [0.15, 0.2) is 121 Å². The third-order valence-corrected chi connectivity index (χ3v) is 8.68. The zero-order valence-corrected chi connectivity index (χ0v) is 25.0. The average molecular weight is 632 g/mol. The van der Waals surface area contributed by atoms with E-state index in [-0.39, 0.29) is 11.5 Å². The number of amides is 1. The SMILES string of the molecule is O=C(O)c1ccc(C2(NC(=O)c3cc(-c4ccc(C(F)(F)F)cc4)cc4cnn(Cc5cccc(-c6ccccc6)c5)c34)CC2)cc1. The maximum Gasteiger partial charge on any atom is 0.416 e.